The zero-order valence-electron chi connectivity index (χ0n) is 10.8. The lowest BCUT2D eigenvalue weighted by Gasteiger charge is -2.13. The normalized spacial score (nSPS) is 12.2. The minimum atomic E-state index is -0.862. The van der Waals surface area contributed by atoms with E-state index >= 15 is 0 Å². The molecule has 0 saturated heterocycles. The van der Waals surface area contributed by atoms with Crippen molar-refractivity contribution in [3.05, 3.63) is 62.3 Å². The zero-order chi connectivity index (χ0) is 14.7. The molecule has 1 N–H and O–H groups in total. The van der Waals surface area contributed by atoms with Crippen molar-refractivity contribution in [1.82, 2.24) is 4.98 Å². The van der Waals surface area contributed by atoms with E-state index in [1.807, 2.05) is 37.3 Å². The minimum absolute atomic E-state index is 0.419. The van der Waals surface area contributed by atoms with Crippen LogP contribution in [-0.2, 0) is 11.2 Å². The molecular weight excluding hydrogens is 386 g/mol. The highest BCUT2D eigenvalue weighted by Gasteiger charge is 2.22. The van der Waals surface area contributed by atoms with Crippen LogP contribution in [0.2, 0.25) is 0 Å². The predicted molar refractivity (Wildman–Crippen MR) is 84.9 cm³/mol. The largest absolute Gasteiger partial charge is 0.481 e. The van der Waals surface area contributed by atoms with Crippen molar-refractivity contribution in [3.8, 4) is 0 Å². The summed E-state index contributed by atoms with van der Waals surface area (Å²) in [5, 5.41) is 9.45. The lowest BCUT2D eigenvalue weighted by Crippen LogP contribution is -2.16. The Hall–Kier alpha value is -1.20. The molecule has 1 unspecified atom stereocenters. The number of benzene rings is 1. The average molecular weight is 399 g/mol. The van der Waals surface area contributed by atoms with Gasteiger partial charge in [0.25, 0.3) is 0 Å². The number of carboxylic acids is 1. The Morgan fingerprint density at radius 3 is 2.70 bits per heavy atom. The van der Waals surface area contributed by atoms with Crippen LogP contribution < -0.4 is 0 Å². The third kappa shape index (κ3) is 3.67. The predicted octanol–water partition coefficient (Wildman–Crippen LogP) is 4.33. The molecule has 0 radical (unpaired) electrons. The van der Waals surface area contributed by atoms with E-state index in [2.05, 4.69) is 36.8 Å². The topological polar surface area (TPSA) is 50.2 Å². The van der Waals surface area contributed by atoms with Crippen LogP contribution >= 0.6 is 31.9 Å². The summed E-state index contributed by atoms with van der Waals surface area (Å²) in [6, 6.07) is 9.49. The van der Waals surface area contributed by atoms with Gasteiger partial charge in [0, 0.05) is 15.1 Å². The van der Waals surface area contributed by atoms with E-state index in [-0.39, 0.29) is 0 Å². The molecular formula is C15H13Br2NO2. The van der Waals surface area contributed by atoms with Crippen molar-refractivity contribution >= 4 is 37.8 Å². The van der Waals surface area contributed by atoms with Crippen LogP contribution in [-0.4, -0.2) is 16.1 Å². The maximum absolute atomic E-state index is 11.5. The standard InChI is InChI=1S/C15H13Br2NO2/c1-9-5-14(18-8-13(9)17)12(15(19)20)7-10-3-2-4-11(16)6-10/h2-6,8,12H,7H2,1H3,(H,19,20). The second-order valence-electron chi connectivity index (χ2n) is 4.58. The third-order valence-corrected chi connectivity index (χ3v) is 4.38. The first-order valence-electron chi connectivity index (χ1n) is 6.06. The molecule has 0 spiro atoms. The first kappa shape index (κ1) is 15.2. The van der Waals surface area contributed by atoms with Gasteiger partial charge in [-0.1, -0.05) is 28.1 Å². The molecule has 0 saturated carbocycles. The molecule has 0 bridgehead atoms. The lowest BCUT2D eigenvalue weighted by atomic mass is 9.95. The summed E-state index contributed by atoms with van der Waals surface area (Å²) in [6.07, 6.45) is 2.07. The van der Waals surface area contributed by atoms with Gasteiger partial charge in [-0.15, -0.1) is 0 Å². The van der Waals surface area contributed by atoms with Crippen LogP contribution in [0.4, 0.5) is 0 Å². The summed E-state index contributed by atoms with van der Waals surface area (Å²) in [4.78, 5) is 15.8. The second kappa shape index (κ2) is 6.50. The molecule has 1 aromatic heterocycles. The molecule has 104 valence electrons. The van der Waals surface area contributed by atoms with Crippen molar-refractivity contribution in [2.75, 3.05) is 0 Å². The summed E-state index contributed by atoms with van der Waals surface area (Å²) < 4.78 is 1.83. The molecule has 1 heterocycles. The first-order valence-corrected chi connectivity index (χ1v) is 7.65. The molecule has 0 fully saturated rings. The van der Waals surface area contributed by atoms with Gasteiger partial charge in [-0.3, -0.25) is 9.78 Å². The summed E-state index contributed by atoms with van der Waals surface area (Å²) in [7, 11) is 0. The number of pyridine rings is 1. The molecule has 5 heteroatoms. The number of nitrogens with zero attached hydrogens (tertiary/aromatic N) is 1. The van der Waals surface area contributed by atoms with Crippen LogP contribution in [0, 0.1) is 6.92 Å². The molecule has 0 aliphatic carbocycles. The van der Waals surface area contributed by atoms with Crippen molar-refractivity contribution in [2.24, 2.45) is 0 Å². The van der Waals surface area contributed by atoms with E-state index in [0.29, 0.717) is 12.1 Å². The summed E-state index contributed by atoms with van der Waals surface area (Å²) in [5.41, 5.74) is 2.53. The second-order valence-corrected chi connectivity index (χ2v) is 6.35. The van der Waals surface area contributed by atoms with E-state index in [9.17, 15) is 9.90 Å². The van der Waals surface area contributed by atoms with Crippen LogP contribution in [0.5, 0.6) is 0 Å². The van der Waals surface area contributed by atoms with E-state index in [1.54, 1.807) is 6.20 Å². The van der Waals surface area contributed by atoms with Gasteiger partial charge in [0.05, 0.1) is 5.69 Å². The average Bonchev–Trinajstić information content (AvgIpc) is 2.39. The Morgan fingerprint density at radius 1 is 1.35 bits per heavy atom. The maximum atomic E-state index is 11.5. The van der Waals surface area contributed by atoms with Crippen molar-refractivity contribution in [1.29, 1.82) is 0 Å². The fraction of sp³-hybridized carbons (Fsp3) is 0.200. The number of carboxylic acid groups (broad SMARTS) is 1. The van der Waals surface area contributed by atoms with Gasteiger partial charge in [0.1, 0.15) is 5.92 Å². The summed E-state index contributed by atoms with van der Waals surface area (Å²) in [5.74, 6) is -1.50. The van der Waals surface area contributed by atoms with E-state index in [0.717, 1.165) is 20.1 Å². The van der Waals surface area contributed by atoms with Gasteiger partial charge >= 0.3 is 5.97 Å². The Morgan fingerprint density at radius 2 is 2.10 bits per heavy atom. The van der Waals surface area contributed by atoms with Crippen molar-refractivity contribution in [2.45, 2.75) is 19.3 Å². The molecule has 0 aliphatic heterocycles. The fourth-order valence-corrected chi connectivity index (χ4v) is 2.63. The van der Waals surface area contributed by atoms with Crippen LogP contribution in [0.25, 0.3) is 0 Å². The number of halogens is 2. The van der Waals surface area contributed by atoms with Gasteiger partial charge in [0.15, 0.2) is 0 Å². The summed E-state index contributed by atoms with van der Waals surface area (Å²) in [6.45, 7) is 1.92. The Balaban J connectivity index is 2.32. The van der Waals surface area contributed by atoms with E-state index in [1.165, 1.54) is 0 Å². The molecule has 0 amide bonds. The number of aliphatic carboxylic acids is 1. The Bertz CT molecular complexity index is 644. The molecule has 3 nitrogen and oxygen atoms in total. The van der Waals surface area contributed by atoms with E-state index in [4.69, 9.17) is 0 Å². The number of rotatable bonds is 4. The minimum Gasteiger partial charge on any atom is -0.481 e. The molecule has 2 rings (SSSR count). The van der Waals surface area contributed by atoms with Gasteiger partial charge in [-0.25, -0.2) is 0 Å². The maximum Gasteiger partial charge on any atom is 0.312 e. The highest BCUT2D eigenvalue weighted by Crippen LogP contribution is 2.24. The Labute approximate surface area is 134 Å². The number of hydrogen-bond donors (Lipinski definition) is 1. The number of hydrogen-bond acceptors (Lipinski definition) is 2. The SMILES string of the molecule is Cc1cc(C(Cc2cccc(Br)c2)C(=O)O)ncc1Br. The highest BCUT2D eigenvalue weighted by atomic mass is 79.9. The molecule has 1 atom stereocenters. The van der Waals surface area contributed by atoms with Crippen LogP contribution in [0.3, 0.4) is 0 Å². The van der Waals surface area contributed by atoms with Gasteiger partial charge in [-0.05, 0) is 58.6 Å². The van der Waals surface area contributed by atoms with Crippen molar-refractivity contribution in [3.63, 3.8) is 0 Å². The van der Waals surface area contributed by atoms with Crippen molar-refractivity contribution < 1.29 is 9.90 Å². The molecule has 2 aromatic rings. The number of aryl methyl sites for hydroxylation is 1. The van der Waals surface area contributed by atoms with Crippen LogP contribution in [0.15, 0.2) is 45.5 Å². The van der Waals surface area contributed by atoms with Crippen LogP contribution in [0.1, 0.15) is 22.7 Å². The first-order chi connectivity index (χ1) is 9.47. The quantitative estimate of drug-likeness (QED) is 0.833. The summed E-state index contributed by atoms with van der Waals surface area (Å²) >= 11 is 6.77. The number of aromatic nitrogens is 1. The third-order valence-electron chi connectivity index (χ3n) is 3.05. The smallest absolute Gasteiger partial charge is 0.312 e. The van der Waals surface area contributed by atoms with Gasteiger partial charge in [0.2, 0.25) is 0 Å². The van der Waals surface area contributed by atoms with Gasteiger partial charge in [-0.2, -0.15) is 0 Å². The zero-order valence-corrected chi connectivity index (χ0v) is 14.0. The number of carbonyl (C=O) groups is 1. The monoisotopic (exact) mass is 397 g/mol. The van der Waals surface area contributed by atoms with Gasteiger partial charge < -0.3 is 5.11 Å². The molecule has 1 aromatic carbocycles. The van der Waals surface area contributed by atoms with E-state index < -0.39 is 11.9 Å². The highest BCUT2D eigenvalue weighted by molar-refractivity contribution is 9.10. The molecule has 20 heavy (non-hydrogen) atoms. The fourth-order valence-electron chi connectivity index (χ4n) is 1.97. The lowest BCUT2D eigenvalue weighted by molar-refractivity contribution is -0.138. The molecule has 0 aliphatic rings. The Kier molecular flexibility index (Phi) is 4.94.